The summed E-state index contributed by atoms with van der Waals surface area (Å²) >= 11 is 0. The number of benzene rings is 1. The van der Waals surface area contributed by atoms with Crippen molar-refractivity contribution in [1.82, 2.24) is 9.62 Å². The first-order chi connectivity index (χ1) is 12.4. The van der Waals surface area contributed by atoms with Crippen LogP contribution in [-0.2, 0) is 24.3 Å². The molecule has 0 aromatic heterocycles. The molecule has 1 aromatic carbocycles. The predicted octanol–water partition coefficient (Wildman–Crippen LogP) is 0.699. The molecule has 1 saturated heterocycles. The molecule has 1 N–H and O–H groups in total. The van der Waals surface area contributed by atoms with Crippen molar-refractivity contribution >= 4 is 21.9 Å². The Kier molecular flexibility index (Phi) is 7.13. The summed E-state index contributed by atoms with van der Waals surface area (Å²) in [6, 6.07) is 4.34. The SMILES string of the molecule is CCCNC(=O)COC(=O)c1ccc(C)c(S(=O)(=O)N2CCOCC2)c1. The number of morpholine rings is 1. The minimum atomic E-state index is -3.73. The highest BCUT2D eigenvalue weighted by molar-refractivity contribution is 7.89. The first-order valence-corrected chi connectivity index (χ1v) is 9.92. The van der Waals surface area contributed by atoms with E-state index in [2.05, 4.69) is 5.32 Å². The number of hydrogen-bond acceptors (Lipinski definition) is 6. The van der Waals surface area contributed by atoms with Crippen molar-refractivity contribution in [3.05, 3.63) is 29.3 Å². The van der Waals surface area contributed by atoms with Crippen LogP contribution in [-0.4, -0.2) is 64.1 Å². The van der Waals surface area contributed by atoms with Gasteiger partial charge >= 0.3 is 5.97 Å². The molecular formula is C17H24N2O6S. The van der Waals surface area contributed by atoms with Crippen molar-refractivity contribution in [3.63, 3.8) is 0 Å². The zero-order valence-electron chi connectivity index (χ0n) is 15.0. The number of ether oxygens (including phenoxy) is 2. The summed E-state index contributed by atoms with van der Waals surface area (Å²) in [5.41, 5.74) is 0.624. The Hall–Kier alpha value is -1.97. The first kappa shape index (κ1) is 20.3. The number of carbonyl (C=O) groups is 2. The number of carbonyl (C=O) groups excluding carboxylic acids is 2. The molecule has 8 nitrogen and oxygen atoms in total. The van der Waals surface area contributed by atoms with Crippen molar-refractivity contribution in [2.75, 3.05) is 39.5 Å². The molecule has 1 fully saturated rings. The molecule has 2 rings (SSSR count). The van der Waals surface area contributed by atoms with Crippen LogP contribution < -0.4 is 5.32 Å². The van der Waals surface area contributed by atoms with Crippen molar-refractivity contribution in [2.45, 2.75) is 25.2 Å². The van der Waals surface area contributed by atoms with E-state index in [1.54, 1.807) is 13.0 Å². The van der Waals surface area contributed by atoms with E-state index in [4.69, 9.17) is 9.47 Å². The van der Waals surface area contributed by atoms with Gasteiger partial charge in [-0.15, -0.1) is 0 Å². The number of sulfonamides is 1. The average molecular weight is 384 g/mol. The predicted molar refractivity (Wildman–Crippen MR) is 94.3 cm³/mol. The lowest BCUT2D eigenvalue weighted by Crippen LogP contribution is -2.40. The maximum atomic E-state index is 12.8. The fraction of sp³-hybridized carbons (Fsp3) is 0.529. The van der Waals surface area contributed by atoms with Crippen molar-refractivity contribution in [3.8, 4) is 0 Å². The number of rotatable bonds is 7. The Balaban J connectivity index is 2.13. The van der Waals surface area contributed by atoms with Gasteiger partial charge in [0, 0.05) is 19.6 Å². The van der Waals surface area contributed by atoms with Crippen molar-refractivity contribution < 1.29 is 27.5 Å². The van der Waals surface area contributed by atoms with Crippen LogP contribution >= 0.6 is 0 Å². The number of aryl methyl sites for hydroxylation is 1. The smallest absolute Gasteiger partial charge is 0.338 e. The summed E-state index contributed by atoms with van der Waals surface area (Å²) in [6.07, 6.45) is 0.778. The van der Waals surface area contributed by atoms with E-state index in [0.29, 0.717) is 25.3 Å². The van der Waals surface area contributed by atoms with Gasteiger partial charge in [-0.05, 0) is 31.0 Å². The van der Waals surface area contributed by atoms with Crippen LogP contribution in [0.25, 0.3) is 0 Å². The lowest BCUT2D eigenvalue weighted by Gasteiger charge is -2.26. The van der Waals surface area contributed by atoms with Gasteiger partial charge in [0.2, 0.25) is 10.0 Å². The number of amides is 1. The molecule has 144 valence electrons. The molecule has 0 aliphatic carbocycles. The van der Waals surface area contributed by atoms with Gasteiger partial charge in [-0.3, -0.25) is 4.79 Å². The second-order valence-electron chi connectivity index (χ2n) is 5.92. The van der Waals surface area contributed by atoms with Crippen LogP contribution in [0.5, 0.6) is 0 Å². The van der Waals surface area contributed by atoms with E-state index in [9.17, 15) is 18.0 Å². The van der Waals surface area contributed by atoms with E-state index >= 15 is 0 Å². The van der Waals surface area contributed by atoms with Gasteiger partial charge in [0.15, 0.2) is 6.61 Å². The molecular weight excluding hydrogens is 360 g/mol. The zero-order valence-corrected chi connectivity index (χ0v) is 15.8. The molecule has 26 heavy (non-hydrogen) atoms. The minimum absolute atomic E-state index is 0.0595. The van der Waals surface area contributed by atoms with E-state index in [1.165, 1.54) is 16.4 Å². The highest BCUT2D eigenvalue weighted by atomic mass is 32.2. The van der Waals surface area contributed by atoms with E-state index in [1.807, 2.05) is 6.92 Å². The van der Waals surface area contributed by atoms with Gasteiger partial charge in [-0.25, -0.2) is 13.2 Å². The van der Waals surface area contributed by atoms with Crippen molar-refractivity contribution in [2.24, 2.45) is 0 Å². The summed E-state index contributed by atoms with van der Waals surface area (Å²) in [5, 5.41) is 2.60. The van der Waals surface area contributed by atoms with E-state index < -0.39 is 28.5 Å². The van der Waals surface area contributed by atoms with Gasteiger partial charge in [-0.2, -0.15) is 4.31 Å². The summed E-state index contributed by atoms with van der Waals surface area (Å²) in [5.74, 6) is -1.14. The number of hydrogen-bond donors (Lipinski definition) is 1. The van der Waals surface area contributed by atoms with Gasteiger partial charge in [0.25, 0.3) is 5.91 Å². The maximum Gasteiger partial charge on any atom is 0.338 e. The molecule has 0 radical (unpaired) electrons. The maximum absolute atomic E-state index is 12.8. The topological polar surface area (TPSA) is 102 Å². The van der Waals surface area contributed by atoms with Gasteiger partial charge in [-0.1, -0.05) is 13.0 Å². The molecule has 0 bridgehead atoms. The number of nitrogens with zero attached hydrogens (tertiary/aromatic N) is 1. The van der Waals surface area contributed by atoms with Crippen LogP contribution in [0.2, 0.25) is 0 Å². The second kappa shape index (κ2) is 9.11. The van der Waals surface area contributed by atoms with E-state index in [-0.39, 0.29) is 23.5 Å². The third kappa shape index (κ3) is 5.03. The molecule has 1 amide bonds. The Morgan fingerprint density at radius 3 is 2.62 bits per heavy atom. The highest BCUT2D eigenvalue weighted by Crippen LogP contribution is 2.22. The van der Waals surface area contributed by atoms with Crippen LogP contribution in [0.3, 0.4) is 0 Å². The first-order valence-electron chi connectivity index (χ1n) is 8.48. The standard InChI is InChI=1S/C17H24N2O6S/c1-3-6-18-16(20)12-25-17(21)14-5-4-13(2)15(11-14)26(22,23)19-7-9-24-10-8-19/h4-5,11H,3,6-10,12H2,1-2H3,(H,18,20). The molecule has 0 saturated carbocycles. The highest BCUT2D eigenvalue weighted by Gasteiger charge is 2.28. The number of esters is 1. The summed E-state index contributed by atoms with van der Waals surface area (Å²) < 4.78 is 37.1. The lowest BCUT2D eigenvalue weighted by atomic mass is 10.1. The largest absolute Gasteiger partial charge is 0.452 e. The average Bonchev–Trinajstić information content (AvgIpc) is 2.65. The normalized spacial score (nSPS) is 15.5. The fourth-order valence-corrected chi connectivity index (χ4v) is 4.12. The molecule has 1 aliphatic rings. The summed E-state index contributed by atoms with van der Waals surface area (Å²) in [6.45, 7) is 4.90. The fourth-order valence-electron chi connectivity index (χ4n) is 2.46. The Morgan fingerprint density at radius 1 is 1.27 bits per heavy atom. The Bertz CT molecular complexity index is 757. The quantitative estimate of drug-likeness (QED) is 0.695. The molecule has 0 unspecified atom stereocenters. The third-order valence-corrected chi connectivity index (χ3v) is 5.96. The van der Waals surface area contributed by atoms with Gasteiger partial charge < -0.3 is 14.8 Å². The molecule has 0 atom stereocenters. The van der Waals surface area contributed by atoms with Gasteiger partial charge in [0.05, 0.1) is 23.7 Å². The molecule has 0 spiro atoms. The van der Waals surface area contributed by atoms with Crippen LogP contribution in [0.15, 0.2) is 23.1 Å². The molecule has 1 heterocycles. The lowest BCUT2D eigenvalue weighted by molar-refractivity contribution is -0.124. The van der Waals surface area contributed by atoms with Crippen LogP contribution in [0.1, 0.15) is 29.3 Å². The molecule has 1 aliphatic heterocycles. The second-order valence-corrected chi connectivity index (χ2v) is 7.83. The summed E-state index contributed by atoms with van der Waals surface area (Å²) in [7, 11) is -3.73. The van der Waals surface area contributed by atoms with Crippen molar-refractivity contribution in [1.29, 1.82) is 0 Å². The Labute approximate surface area is 153 Å². The minimum Gasteiger partial charge on any atom is -0.452 e. The molecule has 9 heteroatoms. The summed E-state index contributed by atoms with van der Waals surface area (Å²) in [4.78, 5) is 23.7. The third-order valence-electron chi connectivity index (χ3n) is 3.92. The molecule has 1 aromatic rings. The number of nitrogens with one attached hydrogen (secondary N) is 1. The van der Waals surface area contributed by atoms with Crippen LogP contribution in [0, 0.1) is 6.92 Å². The van der Waals surface area contributed by atoms with Gasteiger partial charge in [0.1, 0.15) is 0 Å². The Morgan fingerprint density at radius 2 is 1.96 bits per heavy atom. The van der Waals surface area contributed by atoms with E-state index in [0.717, 1.165) is 6.42 Å². The van der Waals surface area contributed by atoms with Crippen LogP contribution in [0.4, 0.5) is 0 Å². The monoisotopic (exact) mass is 384 g/mol. The zero-order chi connectivity index (χ0) is 19.2.